The molecule has 7 heteroatoms. The molecule has 0 aliphatic rings. The van der Waals surface area contributed by atoms with Crippen LogP contribution in [0.1, 0.15) is 12.6 Å². The number of anilines is 3. The van der Waals surface area contributed by atoms with Crippen LogP contribution in [0.2, 0.25) is 0 Å². The van der Waals surface area contributed by atoms with Gasteiger partial charge in [-0.25, -0.2) is 0 Å². The Balaban J connectivity index is 2.43. The Morgan fingerprint density at radius 2 is 2.21 bits per heavy atom. The Morgan fingerprint density at radius 3 is 2.84 bits per heavy atom. The number of nitrogens with one attached hydrogen (secondary N) is 1. The quantitative estimate of drug-likeness (QED) is 0.499. The van der Waals surface area contributed by atoms with Crippen LogP contribution >= 0.6 is 0 Å². The molecule has 100 valence electrons. The highest BCUT2D eigenvalue weighted by Crippen LogP contribution is 2.33. The molecule has 0 spiro atoms. The number of nitro benzene ring substituents is 1. The van der Waals surface area contributed by atoms with E-state index in [1.165, 1.54) is 6.07 Å². The van der Waals surface area contributed by atoms with Crippen molar-refractivity contribution in [2.45, 2.75) is 13.3 Å². The van der Waals surface area contributed by atoms with Gasteiger partial charge in [0.15, 0.2) is 0 Å². The lowest BCUT2D eigenvalue weighted by atomic mass is 10.2. The maximum atomic E-state index is 11.1. The summed E-state index contributed by atoms with van der Waals surface area (Å²) in [6.07, 6.45) is 2.52. The molecule has 19 heavy (non-hydrogen) atoms. The van der Waals surface area contributed by atoms with E-state index in [1.807, 2.05) is 6.92 Å². The van der Waals surface area contributed by atoms with Crippen LogP contribution in [-0.4, -0.2) is 14.7 Å². The highest BCUT2D eigenvalue weighted by atomic mass is 16.6. The van der Waals surface area contributed by atoms with Crippen molar-refractivity contribution in [1.82, 2.24) is 9.78 Å². The second kappa shape index (κ2) is 4.97. The fraction of sp³-hybridized carbons (Fsp3) is 0.250. The molecule has 0 radical (unpaired) electrons. The van der Waals surface area contributed by atoms with E-state index in [0.717, 1.165) is 17.8 Å². The maximum Gasteiger partial charge on any atom is 0.315 e. The first-order valence-corrected chi connectivity index (χ1v) is 5.85. The minimum absolute atomic E-state index is 0.117. The number of hydrogen-bond donors (Lipinski definition) is 2. The summed E-state index contributed by atoms with van der Waals surface area (Å²) in [6, 6.07) is 4.81. The van der Waals surface area contributed by atoms with Gasteiger partial charge in [-0.15, -0.1) is 0 Å². The number of rotatable bonds is 4. The van der Waals surface area contributed by atoms with Crippen molar-refractivity contribution in [3.05, 3.63) is 40.2 Å². The fourth-order valence-corrected chi connectivity index (χ4v) is 1.91. The Hall–Kier alpha value is -2.57. The van der Waals surface area contributed by atoms with Gasteiger partial charge in [0.25, 0.3) is 0 Å². The van der Waals surface area contributed by atoms with Crippen LogP contribution in [0.4, 0.5) is 22.7 Å². The number of nitrogen functional groups attached to an aromatic ring is 1. The van der Waals surface area contributed by atoms with Crippen molar-refractivity contribution >= 4 is 22.7 Å². The van der Waals surface area contributed by atoms with Gasteiger partial charge >= 0.3 is 5.69 Å². The molecule has 0 atom stereocenters. The molecule has 1 aromatic carbocycles. The molecular weight excluding hydrogens is 246 g/mol. The molecule has 0 aliphatic heterocycles. The number of hydrogen-bond acceptors (Lipinski definition) is 5. The molecular formula is C12H15N5O2. The SMILES string of the molecule is CCc1nn(C)cc1Nc1cccc(N)c1[N+](=O)[O-]. The summed E-state index contributed by atoms with van der Waals surface area (Å²) < 4.78 is 1.67. The molecule has 0 aliphatic carbocycles. The molecule has 0 amide bonds. The molecule has 0 fully saturated rings. The number of nitrogens with two attached hydrogens (primary N) is 1. The van der Waals surface area contributed by atoms with Crippen LogP contribution in [0.5, 0.6) is 0 Å². The molecule has 0 saturated heterocycles. The molecule has 1 aromatic heterocycles. The average molecular weight is 261 g/mol. The van der Waals surface area contributed by atoms with E-state index in [-0.39, 0.29) is 11.4 Å². The first kappa shape index (κ1) is 12.9. The van der Waals surface area contributed by atoms with Gasteiger partial charge in [0, 0.05) is 13.2 Å². The number of para-hydroxylation sites is 1. The van der Waals surface area contributed by atoms with E-state index in [4.69, 9.17) is 5.73 Å². The summed E-state index contributed by atoms with van der Waals surface area (Å²) in [5, 5.41) is 18.4. The normalized spacial score (nSPS) is 10.4. The zero-order chi connectivity index (χ0) is 14.0. The summed E-state index contributed by atoms with van der Waals surface area (Å²) >= 11 is 0. The van der Waals surface area contributed by atoms with E-state index < -0.39 is 4.92 Å². The summed E-state index contributed by atoms with van der Waals surface area (Å²) in [5.74, 6) is 0. The van der Waals surface area contributed by atoms with Gasteiger partial charge in [-0.05, 0) is 18.6 Å². The third kappa shape index (κ3) is 2.49. The van der Waals surface area contributed by atoms with E-state index in [9.17, 15) is 10.1 Å². The van der Waals surface area contributed by atoms with E-state index in [1.54, 1.807) is 30.1 Å². The van der Waals surface area contributed by atoms with Crippen molar-refractivity contribution in [2.75, 3.05) is 11.1 Å². The first-order chi connectivity index (χ1) is 9.02. The minimum atomic E-state index is -0.486. The zero-order valence-corrected chi connectivity index (χ0v) is 10.8. The van der Waals surface area contributed by atoms with Gasteiger partial charge in [-0.3, -0.25) is 14.8 Å². The van der Waals surface area contributed by atoms with Crippen LogP contribution in [-0.2, 0) is 13.5 Å². The zero-order valence-electron chi connectivity index (χ0n) is 10.8. The smallest absolute Gasteiger partial charge is 0.315 e. The lowest BCUT2D eigenvalue weighted by Crippen LogP contribution is -2.01. The predicted molar refractivity (Wildman–Crippen MR) is 73.4 cm³/mol. The van der Waals surface area contributed by atoms with Crippen molar-refractivity contribution in [1.29, 1.82) is 0 Å². The number of aryl methyl sites for hydroxylation is 2. The molecule has 1 heterocycles. The monoisotopic (exact) mass is 261 g/mol. The first-order valence-electron chi connectivity index (χ1n) is 5.85. The number of nitrogens with zero attached hydrogens (tertiary/aromatic N) is 3. The van der Waals surface area contributed by atoms with Gasteiger partial charge in [-0.2, -0.15) is 5.10 Å². The third-order valence-electron chi connectivity index (χ3n) is 2.76. The van der Waals surface area contributed by atoms with E-state index in [2.05, 4.69) is 10.4 Å². The molecule has 0 unspecified atom stereocenters. The summed E-state index contributed by atoms with van der Waals surface area (Å²) in [4.78, 5) is 10.6. The largest absolute Gasteiger partial charge is 0.393 e. The predicted octanol–water partition coefficient (Wildman–Crippen LogP) is 2.22. The maximum absolute atomic E-state index is 11.1. The summed E-state index contributed by atoms with van der Waals surface area (Å²) in [5.41, 5.74) is 7.63. The van der Waals surface area contributed by atoms with Gasteiger partial charge in [0.2, 0.25) is 0 Å². The van der Waals surface area contributed by atoms with Crippen molar-refractivity contribution in [3.8, 4) is 0 Å². The Kier molecular flexibility index (Phi) is 3.37. The van der Waals surface area contributed by atoms with Crippen LogP contribution in [0.15, 0.2) is 24.4 Å². The van der Waals surface area contributed by atoms with Crippen molar-refractivity contribution in [2.24, 2.45) is 7.05 Å². The van der Waals surface area contributed by atoms with Gasteiger partial charge in [0.05, 0.1) is 16.3 Å². The Bertz CT molecular complexity index is 621. The highest BCUT2D eigenvalue weighted by molar-refractivity contribution is 5.78. The summed E-state index contributed by atoms with van der Waals surface area (Å²) in [6.45, 7) is 1.97. The van der Waals surface area contributed by atoms with Gasteiger partial charge in [-0.1, -0.05) is 13.0 Å². The Morgan fingerprint density at radius 1 is 1.47 bits per heavy atom. The van der Waals surface area contributed by atoms with Crippen molar-refractivity contribution in [3.63, 3.8) is 0 Å². The third-order valence-corrected chi connectivity index (χ3v) is 2.76. The summed E-state index contributed by atoms with van der Waals surface area (Å²) in [7, 11) is 1.80. The van der Waals surface area contributed by atoms with Gasteiger partial charge < -0.3 is 11.1 Å². The average Bonchev–Trinajstić information content (AvgIpc) is 2.69. The number of aromatic nitrogens is 2. The fourth-order valence-electron chi connectivity index (χ4n) is 1.91. The van der Waals surface area contributed by atoms with E-state index in [0.29, 0.717) is 5.69 Å². The lowest BCUT2D eigenvalue weighted by molar-refractivity contribution is -0.383. The van der Waals surface area contributed by atoms with Crippen LogP contribution < -0.4 is 11.1 Å². The molecule has 2 rings (SSSR count). The van der Waals surface area contributed by atoms with E-state index >= 15 is 0 Å². The molecule has 3 N–H and O–H groups in total. The standard InChI is InChI=1S/C12H15N5O2/c1-3-9-11(7-16(2)15-9)14-10-6-4-5-8(13)12(10)17(18)19/h4-7,14H,3,13H2,1-2H3. The highest BCUT2D eigenvalue weighted by Gasteiger charge is 2.19. The topological polar surface area (TPSA) is 99.0 Å². The molecule has 0 saturated carbocycles. The Labute approximate surface area is 110 Å². The van der Waals surface area contributed by atoms with Crippen LogP contribution in [0.3, 0.4) is 0 Å². The minimum Gasteiger partial charge on any atom is -0.393 e. The molecule has 2 aromatic rings. The van der Waals surface area contributed by atoms with Gasteiger partial charge in [0.1, 0.15) is 11.4 Å². The lowest BCUT2D eigenvalue weighted by Gasteiger charge is -2.07. The van der Waals surface area contributed by atoms with Crippen LogP contribution in [0.25, 0.3) is 0 Å². The molecule has 0 bridgehead atoms. The molecule has 7 nitrogen and oxygen atoms in total. The number of nitro groups is 1. The van der Waals surface area contributed by atoms with Crippen molar-refractivity contribution < 1.29 is 4.92 Å². The van der Waals surface area contributed by atoms with Crippen LogP contribution in [0, 0.1) is 10.1 Å². The second-order valence-electron chi connectivity index (χ2n) is 4.14. The second-order valence-corrected chi connectivity index (χ2v) is 4.14. The number of benzene rings is 1.